The summed E-state index contributed by atoms with van der Waals surface area (Å²) >= 11 is 0. The second-order valence-electron chi connectivity index (χ2n) is 7.63. The Bertz CT molecular complexity index is 789. The van der Waals surface area contributed by atoms with Crippen LogP contribution in [0.15, 0.2) is 24.5 Å². The van der Waals surface area contributed by atoms with Crippen molar-refractivity contribution in [2.24, 2.45) is 5.41 Å². The average Bonchev–Trinajstić information content (AvgIpc) is 2.58. The number of hydrogen-bond acceptors (Lipinski definition) is 4. The maximum absolute atomic E-state index is 12.7. The summed E-state index contributed by atoms with van der Waals surface area (Å²) in [5.41, 5.74) is 1.29. The zero-order chi connectivity index (χ0) is 18.4. The van der Waals surface area contributed by atoms with Gasteiger partial charge in [0.15, 0.2) is 0 Å². The Labute approximate surface area is 151 Å². The van der Waals surface area contributed by atoms with Crippen molar-refractivity contribution in [3.8, 4) is 0 Å². The van der Waals surface area contributed by atoms with E-state index in [9.17, 15) is 13.2 Å². The zero-order valence-corrected chi connectivity index (χ0v) is 14.9. The number of rotatable bonds is 3. The number of aromatic nitrogens is 2. The zero-order valence-electron chi connectivity index (χ0n) is 14.9. The Kier molecular flexibility index (Phi) is 4.29. The van der Waals surface area contributed by atoms with E-state index in [0.717, 1.165) is 43.9 Å². The molecule has 140 valence electrons. The van der Waals surface area contributed by atoms with Gasteiger partial charge in [-0.2, -0.15) is 13.2 Å². The van der Waals surface area contributed by atoms with Crippen LogP contribution in [0.3, 0.4) is 0 Å². The van der Waals surface area contributed by atoms with Crippen LogP contribution in [0.5, 0.6) is 0 Å². The highest BCUT2D eigenvalue weighted by Crippen LogP contribution is 2.43. The molecule has 0 saturated carbocycles. The molecule has 2 saturated heterocycles. The molecule has 2 aliphatic heterocycles. The van der Waals surface area contributed by atoms with E-state index in [0.29, 0.717) is 10.9 Å². The van der Waals surface area contributed by atoms with E-state index in [2.05, 4.69) is 26.7 Å². The van der Waals surface area contributed by atoms with Gasteiger partial charge in [0.25, 0.3) is 0 Å². The van der Waals surface area contributed by atoms with Crippen LogP contribution in [-0.2, 0) is 6.42 Å². The molecular formula is C19H23F3N4. The standard InChI is InChI=1S/C19H23F3N4/c1-2-25-7-5-18(6-8-25)11-26(12-18)17-15-9-14(10-19(20,21)22)3-4-16(15)23-13-24-17/h3-4,9,13H,2,5-8,10-12H2,1H3. The number of alkyl halides is 3. The number of nitrogens with zero attached hydrogens (tertiary/aromatic N) is 4. The van der Waals surface area contributed by atoms with Crippen LogP contribution in [0.4, 0.5) is 19.0 Å². The molecule has 2 aromatic rings. The highest BCUT2D eigenvalue weighted by Gasteiger charge is 2.45. The minimum Gasteiger partial charge on any atom is -0.355 e. The van der Waals surface area contributed by atoms with Gasteiger partial charge in [-0.15, -0.1) is 0 Å². The first-order valence-corrected chi connectivity index (χ1v) is 9.15. The fourth-order valence-electron chi connectivity index (χ4n) is 4.26. The number of anilines is 1. The number of likely N-dealkylation sites (tertiary alicyclic amines) is 1. The normalized spacial score (nSPS) is 20.5. The predicted octanol–water partition coefficient (Wildman–Crippen LogP) is 3.66. The quantitative estimate of drug-likeness (QED) is 0.832. The van der Waals surface area contributed by atoms with Gasteiger partial charge in [0.05, 0.1) is 11.9 Å². The second-order valence-corrected chi connectivity index (χ2v) is 7.63. The number of halogens is 3. The van der Waals surface area contributed by atoms with Crippen molar-refractivity contribution in [2.45, 2.75) is 32.4 Å². The van der Waals surface area contributed by atoms with Gasteiger partial charge < -0.3 is 9.80 Å². The third kappa shape index (κ3) is 3.37. The summed E-state index contributed by atoms with van der Waals surface area (Å²) in [6, 6.07) is 4.77. The highest BCUT2D eigenvalue weighted by atomic mass is 19.4. The molecule has 2 aliphatic rings. The molecule has 1 spiro atoms. The van der Waals surface area contributed by atoms with Crippen LogP contribution in [0.25, 0.3) is 10.9 Å². The fraction of sp³-hybridized carbons (Fsp3) is 0.579. The van der Waals surface area contributed by atoms with E-state index in [-0.39, 0.29) is 5.56 Å². The lowest BCUT2D eigenvalue weighted by atomic mass is 9.72. The SMILES string of the molecule is CCN1CCC2(CC1)CN(c1ncnc3ccc(CC(F)(F)F)cc13)C2. The summed E-state index contributed by atoms with van der Waals surface area (Å²) in [7, 11) is 0. The summed E-state index contributed by atoms with van der Waals surface area (Å²) in [6.45, 7) is 7.41. The van der Waals surface area contributed by atoms with Gasteiger partial charge in [0.2, 0.25) is 0 Å². The third-order valence-corrected chi connectivity index (χ3v) is 5.80. The number of piperidine rings is 1. The van der Waals surface area contributed by atoms with Crippen molar-refractivity contribution in [3.05, 3.63) is 30.1 Å². The van der Waals surface area contributed by atoms with Crippen LogP contribution < -0.4 is 4.90 Å². The molecule has 7 heteroatoms. The van der Waals surface area contributed by atoms with Gasteiger partial charge in [0, 0.05) is 23.9 Å². The van der Waals surface area contributed by atoms with Gasteiger partial charge in [0.1, 0.15) is 12.1 Å². The van der Waals surface area contributed by atoms with E-state index in [1.807, 2.05) is 0 Å². The molecule has 0 bridgehead atoms. The molecule has 0 amide bonds. The minimum absolute atomic E-state index is 0.257. The molecule has 0 unspecified atom stereocenters. The summed E-state index contributed by atoms with van der Waals surface area (Å²) in [5, 5.41) is 0.718. The Morgan fingerprint density at radius 2 is 1.85 bits per heavy atom. The molecule has 2 fully saturated rings. The minimum atomic E-state index is -4.21. The molecule has 3 heterocycles. The summed E-state index contributed by atoms with van der Waals surface area (Å²) < 4.78 is 38.2. The molecule has 1 aromatic heterocycles. The van der Waals surface area contributed by atoms with Crippen LogP contribution in [0.1, 0.15) is 25.3 Å². The molecular weight excluding hydrogens is 341 g/mol. The van der Waals surface area contributed by atoms with Gasteiger partial charge in [-0.25, -0.2) is 9.97 Å². The van der Waals surface area contributed by atoms with Crippen LogP contribution in [0, 0.1) is 5.41 Å². The molecule has 1 aromatic carbocycles. The van der Waals surface area contributed by atoms with E-state index in [1.165, 1.54) is 25.2 Å². The average molecular weight is 364 g/mol. The Morgan fingerprint density at radius 3 is 2.50 bits per heavy atom. The molecule has 0 radical (unpaired) electrons. The Hall–Kier alpha value is -1.89. The maximum atomic E-state index is 12.7. The number of hydrogen-bond donors (Lipinski definition) is 0. The number of fused-ring (bicyclic) bond motifs is 1. The van der Waals surface area contributed by atoms with Crippen molar-refractivity contribution < 1.29 is 13.2 Å². The van der Waals surface area contributed by atoms with Gasteiger partial charge in [-0.1, -0.05) is 13.0 Å². The van der Waals surface area contributed by atoms with Crippen molar-refractivity contribution in [1.82, 2.24) is 14.9 Å². The smallest absolute Gasteiger partial charge is 0.355 e. The molecule has 0 atom stereocenters. The van der Waals surface area contributed by atoms with E-state index < -0.39 is 12.6 Å². The lowest BCUT2D eigenvalue weighted by Crippen LogP contribution is -2.60. The Balaban J connectivity index is 1.55. The lowest BCUT2D eigenvalue weighted by Gasteiger charge is -2.54. The Morgan fingerprint density at radius 1 is 1.12 bits per heavy atom. The van der Waals surface area contributed by atoms with Crippen LogP contribution >= 0.6 is 0 Å². The number of benzene rings is 1. The first-order valence-electron chi connectivity index (χ1n) is 9.15. The molecule has 0 N–H and O–H groups in total. The van der Waals surface area contributed by atoms with E-state index in [1.54, 1.807) is 12.1 Å². The second kappa shape index (κ2) is 6.37. The first-order chi connectivity index (χ1) is 12.4. The summed E-state index contributed by atoms with van der Waals surface area (Å²) in [5.74, 6) is 0.766. The van der Waals surface area contributed by atoms with Gasteiger partial charge in [-0.3, -0.25) is 0 Å². The van der Waals surface area contributed by atoms with Crippen molar-refractivity contribution in [3.63, 3.8) is 0 Å². The molecule has 0 aliphatic carbocycles. The monoisotopic (exact) mass is 364 g/mol. The summed E-state index contributed by atoms with van der Waals surface area (Å²) in [4.78, 5) is 13.3. The third-order valence-electron chi connectivity index (χ3n) is 5.80. The maximum Gasteiger partial charge on any atom is 0.393 e. The topological polar surface area (TPSA) is 32.3 Å². The van der Waals surface area contributed by atoms with Crippen molar-refractivity contribution in [2.75, 3.05) is 37.6 Å². The predicted molar refractivity (Wildman–Crippen MR) is 95.3 cm³/mol. The van der Waals surface area contributed by atoms with Gasteiger partial charge >= 0.3 is 6.18 Å². The summed E-state index contributed by atoms with van der Waals surface area (Å²) in [6.07, 6.45) is -1.27. The molecule has 4 rings (SSSR count). The fourth-order valence-corrected chi connectivity index (χ4v) is 4.26. The first kappa shape index (κ1) is 17.5. The molecule has 26 heavy (non-hydrogen) atoms. The molecule has 4 nitrogen and oxygen atoms in total. The van der Waals surface area contributed by atoms with Crippen molar-refractivity contribution in [1.29, 1.82) is 0 Å². The van der Waals surface area contributed by atoms with Crippen LogP contribution in [0.2, 0.25) is 0 Å². The lowest BCUT2D eigenvalue weighted by molar-refractivity contribution is -0.127. The van der Waals surface area contributed by atoms with Crippen molar-refractivity contribution >= 4 is 16.7 Å². The largest absolute Gasteiger partial charge is 0.393 e. The van der Waals surface area contributed by atoms with E-state index in [4.69, 9.17) is 0 Å². The van der Waals surface area contributed by atoms with Gasteiger partial charge in [-0.05, 0) is 50.2 Å². The van der Waals surface area contributed by atoms with Crippen LogP contribution in [-0.4, -0.2) is 53.8 Å². The highest BCUT2D eigenvalue weighted by molar-refractivity contribution is 5.90. The van der Waals surface area contributed by atoms with E-state index >= 15 is 0 Å².